The third-order valence-electron chi connectivity index (χ3n) is 5.13. The normalized spacial score (nSPS) is 11.0. The van der Waals surface area contributed by atoms with Gasteiger partial charge in [0.2, 0.25) is 5.91 Å². The molecule has 4 aromatic carbocycles. The summed E-state index contributed by atoms with van der Waals surface area (Å²) in [6.07, 6.45) is 0. The number of carbonyl (C=O) groups is 1. The molecule has 0 heterocycles. The monoisotopic (exact) mass is 490 g/mol. The fourth-order valence-electron chi connectivity index (χ4n) is 3.32. The summed E-state index contributed by atoms with van der Waals surface area (Å²) in [6.45, 7) is 1.35. The van der Waals surface area contributed by atoms with Crippen LogP contribution < -0.4 is 14.4 Å². The van der Waals surface area contributed by atoms with E-state index in [0.717, 1.165) is 22.0 Å². The maximum atomic E-state index is 13.5. The highest BCUT2D eigenvalue weighted by molar-refractivity contribution is 7.92. The number of amides is 1. The van der Waals surface area contributed by atoms with E-state index >= 15 is 0 Å². The number of nitrogens with one attached hydrogen (secondary N) is 1. The van der Waals surface area contributed by atoms with Gasteiger partial charge in [-0.3, -0.25) is 9.10 Å². The van der Waals surface area contributed by atoms with Gasteiger partial charge in [0.15, 0.2) is 0 Å². The van der Waals surface area contributed by atoms with Gasteiger partial charge in [0.25, 0.3) is 10.0 Å². The largest absolute Gasteiger partial charge is 0.457 e. The predicted octanol–water partition coefficient (Wildman–Crippen LogP) is 5.76. The van der Waals surface area contributed by atoms with Crippen LogP contribution in [0.5, 0.6) is 11.5 Å². The molecule has 6 nitrogen and oxygen atoms in total. The van der Waals surface area contributed by atoms with Crippen LogP contribution in [0.25, 0.3) is 0 Å². The third-order valence-corrected chi connectivity index (χ3v) is 6.92. The Morgan fingerprint density at radius 1 is 0.829 bits per heavy atom. The fraction of sp³-hybridized carbons (Fsp3) is 0.0741. The van der Waals surface area contributed by atoms with E-state index in [1.54, 1.807) is 36.4 Å². The van der Waals surface area contributed by atoms with Gasteiger partial charge in [-0.2, -0.15) is 0 Å². The van der Waals surface area contributed by atoms with Crippen LogP contribution >= 0.6 is 0 Å². The summed E-state index contributed by atoms with van der Waals surface area (Å²) >= 11 is 0. The number of carbonyl (C=O) groups excluding carboxylic acids is 1. The van der Waals surface area contributed by atoms with E-state index in [0.29, 0.717) is 17.2 Å². The number of ether oxygens (including phenoxy) is 1. The summed E-state index contributed by atoms with van der Waals surface area (Å²) in [5.41, 5.74) is 1.55. The Morgan fingerprint density at radius 2 is 1.43 bits per heavy atom. The van der Waals surface area contributed by atoms with Crippen LogP contribution in [0, 0.1) is 12.7 Å². The standard InChI is InChI=1S/C27H23FN2O4S/c1-20-7-17-26(18-8-20)35(32,33)30(23-13-9-21(28)10-14-23)19-27(31)29-22-11-15-25(16-12-22)34-24-5-3-2-4-6-24/h2-18H,19H2,1H3,(H,29,31). The molecule has 8 heteroatoms. The van der Waals surface area contributed by atoms with E-state index in [9.17, 15) is 17.6 Å². The zero-order valence-electron chi connectivity index (χ0n) is 18.9. The molecule has 0 aliphatic carbocycles. The molecule has 0 aromatic heterocycles. The average Bonchev–Trinajstić information content (AvgIpc) is 2.85. The van der Waals surface area contributed by atoms with Crippen molar-refractivity contribution >= 4 is 27.3 Å². The second kappa shape index (κ2) is 10.4. The van der Waals surface area contributed by atoms with Crippen molar-refractivity contribution < 1.29 is 22.3 Å². The Kier molecular flexibility index (Phi) is 7.12. The van der Waals surface area contributed by atoms with E-state index in [2.05, 4.69) is 5.32 Å². The molecule has 0 aliphatic rings. The summed E-state index contributed by atoms with van der Waals surface area (Å²) in [5.74, 6) is 0.204. The molecule has 0 saturated carbocycles. The van der Waals surface area contributed by atoms with Crippen LogP contribution in [0.3, 0.4) is 0 Å². The van der Waals surface area contributed by atoms with Crippen molar-refractivity contribution in [3.8, 4) is 11.5 Å². The number of benzene rings is 4. The van der Waals surface area contributed by atoms with Gasteiger partial charge in [0.1, 0.15) is 23.9 Å². The Hall–Kier alpha value is -4.17. The maximum absolute atomic E-state index is 13.5. The molecule has 0 spiro atoms. The molecular weight excluding hydrogens is 467 g/mol. The van der Waals surface area contributed by atoms with Gasteiger partial charge in [-0.25, -0.2) is 12.8 Å². The molecule has 35 heavy (non-hydrogen) atoms. The second-order valence-electron chi connectivity index (χ2n) is 7.79. The summed E-state index contributed by atoms with van der Waals surface area (Å²) in [7, 11) is -4.08. The van der Waals surface area contributed by atoms with Crippen molar-refractivity contribution in [2.24, 2.45) is 0 Å². The average molecular weight is 491 g/mol. The van der Waals surface area contributed by atoms with Crippen LogP contribution in [0.1, 0.15) is 5.56 Å². The van der Waals surface area contributed by atoms with E-state index in [-0.39, 0.29) is 10.6 Å². The lowest BCUT2D eigenvalue weighted by molar-refractivity contribution is -0.114. The number of para-hydroxylation sites is 1. The fourth-order valence-corrected chi connectivity index (χ4v) is 4.74. The Balaban J connectivity index is 1.52. The minimum absolute atomic E-state index is 0.0302. The van der Waals surface area contributed by atoms with Gasteiger partial charge in [-0.1, -0.05) is 35.9 Å². The van der Waals surface area contributed by atoms with Crippen molar-refractivity contribution in [1.82, 2.24) is 0 Å². The Bertz CT molecular complexity index is 1390. The first kappa shape index (κ1) is 24.0. The van der Waals surface area contributed by atoms with E-state index in [1.165, 1.54) is 24.3 Å². The molecular formula is C27H23FN2O4S. The number of nitrogens with zero attached hydrogens (tertiary/aromatic N) is 1. The summed E-state index contributed by atoms with van der Waals surface area (Å²) in [6, 6.07) is 27.2. The number of halogens is 1. The zero-order chi connectivity index (χ0) is 24.8. The van der Waals surface area contributed by atoms with Gasteiger partial charge in [-0.05, 0) is 79.7 Å². The van der Waals surface area contributed by atoms with E-state index in [1.807, 2.05) is 37.3 Å². The topological polar surface area (TPSA) is 75.7 Å². The highest BCUT2D eigenvalue weighted by Gasteiger charge is 2.27. The van der Waals surface area contributed by atoms with E-state index in [4.69, 9.17) is 4.74 Å². The molecule has 0 bridgehead atoms. The minimum atomic E-state index is -4.08. The summed E-state index contributed by atoms with van der Waals surface area (Å²) in [4.78, 5) is 12.9. The molecule has 1 amide bonds. The molecule has 0 unspecified atom stereocenters. The number of rotatable bonds is 8. The number of sulfonamides is 1. The molecule has 4 aromatic rings. The highest BCUT2D eigenvalue weighted by atomic mass is 32.2. The number of hydrogen-bond acceptors (Lipinski definition) is 4. The Morgan fingerprint density at radius 3 is 2.06 bits per heavy atom. The second-order valence-corrected chi connectivity index (χ2v) is 9.65. The van der Waals surface area contributed by atoms with Crippen molar-refractivity contribution in [3.63, 3.8) is 0 Å². The van der Waals surface area contributed by atoms with Crippen LogP contribution in [0.2, 0.25) is 0 Å². The lowest BCUT2D eigenvalue weighted by Gasteiger charge is -2.24. The van der Waals surface area contributed by atoms with Crippen molar-refractivity contribution in [3.05, 3.63) is 115 Å². The van der Waals surface area contributed by atoms with Gasteiger partial charge < -0.3 is 10.1 Å². The molecule has 0 fully saturated rings. The summed E-state index contributed by atoms with van der Waals surface area (Å²) in [5, 5.41) is 2.70. The van der Waals surface area contributed by atoms with Crippen LogP contribution in [-0.4, -0.2) is 20.9 Å². The van der Waals surface area contributed by atoms with Gasteiger partial charge >= 0.3 is 0 Å². The smallest absolute Gasteiger partial charge is 0.264 e. The predicted molar refractivity (Wildman–Crippen MR) is 134 cm³/mol. The first-order valence-electron chi connectivity index (χ1n) is 10.8. The van der Waals surface area contributed by atoms with E-state index < -0.39 is 28.3 Å². The minimum Gasteiger partial charge on any atom is -0.457 e. The SMILES string of the molecule is Cc1ccc(S(=O)(=O)N(CC(=O)Nc2ccc(Oc3ccccc3)cc2)c2ccc(F)cc2)cc1. The maximum Gasteiger partial charge on any atom is 0.264 e. The quantitative estimate of drug-likeness (QED) is 0.341. The molecule has 0 saturated heterocycles. The molecule has 4 rings (SSSR count). The van der Waals surface area contributed by atoms with Crippen LogP contribution in [-0.2, 0) is 14.8 Å². The van der Waals surface area contributed by atoms with Gasteiger partial charge in [0.05, 0.1) is 10.6 Å². The van der Waals surface area contributed by atoms with Crippen molar-refractivity contribution in [2.75, 3.05) is 16.2 Å². The highest BCUT2D eigenvalue weighted by Crippen LogP contribution is 2.25. The van der Waals surface area contributed by atoms with Crippen molar-refractivity contribution in [2.45, 2.75) is 11.8 Å². The zero-order valence-corrected chi connectivity index (χ0v) is 19.7. The van der Waals surface area contributed by atoms with Crippen molar-refractivity contribution in [1.29, 1.82) is 0 Å². The molecule has 0 radical (unpaired) electrons. The summed E-state index contributed by atoms with van der Waals surface area (Å²) < 4.78 is 46.9. The lowest BCUT2D eigenvalue weighted by atomic mass is 10.2. The first-order chi connectivity index (χ1) is 16.8. The number of anilines is 2. The lowest BCUT2D eigenvalue weighted by Crippen LogP contribution is -2.38. The first-order valence-corrected chi connectivity index (χ1v) is 12.2. The molecule has 178 valence electrons. The molecule has 0 aliphatic heterocycles. The Labute approximate surface area is 203 Å². The van der Waals surface area contributed by atoms with Gasteiger partial charge in [0, 0.05) is 5.69 Å². The third kappa shape index (κ3) is 6.04. The number of aryl methyl sites for hydroxylation is 1. The number of hydrogen-bond donors (Lipinski definition) is 1. The van der Waals surface area contributed by atoms with Crippen LogP contribution in [0.4, 0.5) is 15.8 Å². The van der Waals surface area contributed by atoms with Gasteiger partial charge in [-0.15, -0.1) is 0 Å². The molecule has 1 N–H and O–H groups in total. The van der Waals surface area contributed by atoms with Crippen LogP contribution in [0.15, 0.2) is 108 Å². The molecule has 0 atom stereocenters.